The minimum atomic E-state index is -0.129. The van der Waals surface area contributed by atoms with Crippen molar-refractivity contribution in [3.63, 3.8) is 0 Å². The van der Waals surface area contributed by atoms with E-state index in [1.165, 1.54) is 32.1 Å². The zero-order chi connectivity index (χ0) is 11.6. The smallest absolute Gasteiger partial charge is 0.0684 e. The van der Waals surface area contributed by atoms with Crippen molar-refractivity contribution in [1.29, 1.82) is 0 Å². The van der Waals surface area contributed by atoms with Gasteiger partial charge in [0.1, 0.15) is 0 Å². The van der Waals surface area contributed by atoms with Crippen LogP contribution in [0.15, 0.2) is 0 Å². The van der Waals surface area contributed by atoms with Gasteiger partial charge in [0.25, 0.3) is 0 Å². The van der Waals surface area contributed by atoms with E-state index in [1.54, 1.807) is 0 Å². The molecule has 0 aromatic carbocycles. The van der Waals surface area contributed by atoms with Crippen molar-refractivity contribution in [2.75, 3.05) is 0 Å². The standard InChI is InChI=1S/C14H26O2/c1-3-14(4-2)12(15)10-13(14)16-11-8-6-5-7-9-11/h11-13,15H,3-10H2,1-2H3. The average molecular weight is 226 g/mol. The number of hydrogen-bond donors (Lipinski definition) is 1. The molecule has 2 nitrogen and oxygen atoms in total. The Hall–Kier alpha value is -0.0800. The van der Waals surface area contributed by atoms with E-state index in [-0.39, 0.29) is 11.5 Å². The molecule has 0 spiro atoms. The normalized spacial score (nSPS) is 34.7. The number of aliphatic hydroxyl groups is 1. The first-order chi connectivity index (χ1) is 7.73. The lowest BCUT2D eigenvalue weighted by Gasteiger charge is -2.54. The summed E-state index contributed by atoms with van der Waals surface area (Å²) in [7, 11) is 0. The first-order valence-electron chi connectivity index (χ1n) is 7.06. The second-order valence-corrected chi connectivity index (χ2v) is 5.58. The lowest BCUT2D eigenvalue weighted by molar-refractivity contribution is -0.216. The van der Waals surface area contributed by atoms with E-state index in [2.05, 4.69) is 13.8 Å². The van der Waals surface area contributed by atoms with Crippen molar-refractivity contribution in [3.05, 3.63) is 0 Å². The first kappa shape index (κ1) is 12.4. The first-order valence-corrected chi connectivity index (χ1v) is 7.06. The zero-order valence-electron chi connectivity index (χ0n) is 10.7. The highest BCUT2D eigenvalue weighted by Crippen LogP contribution is 2.49. The van der Waals surface area contributed by atoms with Crippen LogP contribution in [0.5, 0.6) is 0 Å². The molecule has 2 fully saturated rings. The lowest BCUT2D eigenvalue weighted by Crippen LogP contribution is -2.58. The van der Waals surface area contributed by atoms with Gasteiger partial charge in [-0.2, -0.15) is 0 Å². The summed E-state index contributed by atoms with van der Waals surface area (Å²) in [5.74, 6) is 0. The monoisotopic (exact) mass is 226 g/mol. The van der Waals surface area contributed by atoms with Crippen molar-refractivity contribution in [2.45, 2.75) is 83.5 Å². The number of aliphatic hydroxyl groups excluding tert-OH is 1. The molecule has 2 aliphatic rings. The van der Waals surface area contributed by atoms with Gasteiger partial charge in [0, 0.05) is 11.8 Å². The molecule has 0 radical (unpaired) electrons. The molecule has 0 aromatic rings. The molecule has 0 aliphatic heterocycles. The highest BCUT2D eigenvalue weighted by atomic mass is 16.5. The van der Waals surface area contributed by atoms with Crippen LogP contribution in [0.3, 0.4) is 0 Å². The Kier molecular flexibility index (Phi) is 3.91. The molecule has 0 amide bonds. The number of hydrogen-bond acceptors (Lipinski definition) is 2. The van der Waals surface area contributed by atoms with Gasteiger partial charge < -0.3 is 9.84 Å². The summed E-state index contributed by atoms with van der Waals surface area (Å²) in [4.78, 5) is 0. The third kappa shape index (κ3) is 2.02. The Morgan fingerprint density at radius 1 is 1.12 bits per heavy atom. The van der Waals surface area contributed by atoms with Crippen LogP contribution in [0, 0.1) is 5.41 Å². The van der Waals surface area contributed by atoms with Crippen LogP contribution in [0.4, 0.5) is 0 Å². The fourth-order valence-electron chi connectivity index (χ4n) is 3.53. The minimum absolute atomic E-state index is 0.0669. The number of rotatable bonds is 4. The summed E-state index contributed by atoms with van der Waals surface area (Å²) in [5.41, 5.74) is 0.0669. The van der Waals surface area contributed by atoms with Gasteiger partial charge in [0.05, 0.1) is 18.3 Å². The van der Waals surface area contributed by atoms with E-state index >= 15 is 0 Å². The zero-order valence-corrected chi connectivity index (χ0v) is 10.7. The summed E-state index contributed by atoms with van der Waals surface area (Å²) >= 11 is 0. The second-order valence-electron chi connectivity index (χ2n) is 5.58. The van der Waals surface area contributed by atoms with Gasteiger partial charge in [0.2, 0.25) is 0 Å². The largest absolute Gasteiger partial charge is 0.392 e. The highest BCUT2D eigenvalue weighted by molar-refractivity contribution is 5.03. The molecule has 2 saturated carbocycles. The predicted octanol–water partition coefficient (Wildman–Crippen LogP) is 3.28. The van der Waals surface area contributed by atoms with Crippen LogP contribution in [0.25, 0.3) is 0 Å². The van der Waals surface area contributed by atoms with Crippen molar-refractivity contribution < 1.29 is 9.84 Å². The van der Waals surface area contributed by atoms with E-state index in [0.29, 0.717) is 12.2 Å². The van der Waals surface area contributed by atoms with Gasteiger partial charge in [0.15, 0.2) is 0 Å². The molecule has 0 saturated heterocycles. The quantitative estimate of drug-likeness (QED) is 0.797. The van der Waals surface area contributed by atoms with Crippen LogP contribution >= 0.6 is 0 Å². The molecule has 2 heteroatoms. The second kappa shape index (κ2) is 5.05. The molecular weight excluding hydrogens is 200 g/mol. The Labute approximate surface area is 99.4 Å². The van der Waals surface area contributed by atoms with Gasteiger partial charge in [-0.05, 0) is 25.7 Å². The van der Waals surface area contributed by atoms with E-state index in [4.69, 9.17) is 4.74 Å². The van der Waals surface area contributed by atoms with Crippen molar-refractivity contribution >= 4 is 0 Å². The molecule has 0 bridgehead atoms. The molecule has 2 rings (SSSR count). The summed E-state index contributed by atoms with van der Waals surface area (Å²) in [5, 5.41) is 9.98. The van der Waals surface area contributed by atoms with Crippen molar-refractivity contribution in [1.82, 2.24) is 0 Å². The maximum absolute atomic E-state index is 9.98. The highest BCUT2D eigenvalue weighted by Gasteiger charge is 2.53. The summed E-state index contributed by atoms with van der Waals surface area (Å²) in [6.45, 7) is 4.37. The molecule has 2 unspecified atom stereocenters. The van der Waals surface area contributed by atoms with Crippen LogP contribution < -0.4 is 0 Å². The van der Waals surface area contributed by atoms with E-state index in [1.807, 2.05) is 0 Å². The Balaban J connectivity index is 1.89. The molecule has 0 aromatic heterocycles. The van der Waals surface area contributed by atoms with E-state index in [9.17, 15) is 5.11 Å². The molecule has 16 heavy (non-hydrogen) atoms. The minimum Gasteiger partial charge on any atom is -0.392 e. The fraction of sp³-hybridized carbons (Fsp3) is 1.00. The van der Waals surface area contributed by atoms with Crippen molar-refractivity contribution in [3.8, 4) is 0 Å². The van der Waals surface area contributed by atoms with Gasteiger partial charge in [-0.1, -0.05) is 33.1 Å². The van der Waals surface area contributed by atoms with Gasteiger partial charge >= 0.3 is 0 Å². The maximum atomic E-state index is 9.98. The van der Waals surface area contributed by atoms with E-state index < -0.39 is 0 Å². The molecule has 1 N–H and O–H groups in total. The maximum Gasteiger partial charge on any atom is 0.0684 e. The third-order valence-corrected chi connectivity index (χ3v) is 4.97. The number of ether oxygens (including phenoxy) is 1. The Bertz CT molecular complexity index is 217. The Morgan fingerprint density at radius 3 is 2.25 bits per heavy atom. The molecule has 0 heterocycles. The SMILES string of the molecule is CCC1(CC)C(O)CC1OC1CCCCC1. The summed E-state index contributed by atoms with van der Waals surface area (Å²) in [6.07, 6.45) is 10.1. The van der Waals surface area contributed by atoms with Crippen LogP contribution in [-0.4, -0.2) is 23.4 Å². The average Bonchev–Trinajstić information content (AvgIpc) is 2.32. The molecule has 94 valence electrons. The molecule has 2 aliphatic carbocycles. The topological polar surface area (TPSA) is 29.5 Å². The van der Waals surface area contributed by atoms with Gasteiger partial charge in [-0.3, -0.25) is 0 Å². The van der Waals surface area contributed by atoms with Crippen LogP contribution in [0.1, 0.15) is 65.2 Å². The Morgan fingerprint density at radius 2 is 1.75 bits per heavy atom. The predicted molar refractivity (Wildman–Crippen MR) is 65.4 cm³/mol. The van der Waals surface area contributed by atoms with E-state index in [0.717, 1.165) is 19.3 Å². The van der Waals surface area contributed by atoms with Crippen LogP contribution in [-0.2, 0) is 4.74 Å². The third-order valence-electron chi connectivity index (χ3n) is 4.97. The molecule has 2 atom stereocenters. The molecular formula is C14H26O2. The lowest BCUT2D eigenvalue weighted by atomic mass is 9.60. The summed E-state index contributed by atoms with van der Waals surface area (Å²) in [6, 6.07) is 0. The van der Waals surface area contributed by atoms with Crippen LogP contribution in [0.2, 0.25) is 0 Å². The summed E-state index contributed by atoms with van der Waals surface area (Å²) < 4.78 is 6.24. The fourth-order valence-corrected chi connectivity index (χ4v) is 3.53. The van der Waals surface area contributed by atoms with Crippen molar-refractivity contribution in [2.24, 2.45) is 5.41 Å². The van der Waals surface area contributed by atoms with Gasteiger partial charge in [-0.15, -0.1) is 0 Å². The van der Waals surface area contributed by atoms with Gasteiger partial charge in [-0.25, -0.2) is 0 Å².